The summed E-state index contributed by atoms with van der Waals surface area (Å²) in [5.74, 6) is 0. The maximum absolute atomic E-state index is 2.24. The molecule has 2 rings (SSSR count). The van der Waals surface area contributed by atoms with Gasteiger partial charge in [0.05, 0.1) is 0 Å². The Morgan fingerprint density at radius 2 is 1.06 bits per heavy atom. The Morgan fingerprint density at radius 3 is 1.44 bits per heavy atom. The molecule has 0 saturated heterocycles. The van der Waals surface area contributed by atoms with E-state index in [9.17, 15) is 0 Å². The van der Waals surface area contributed by atoms with Gasteiger partial charge in [0, 0.05) is 0 Å². The molecule has 0 radical (unpaired) electrons. The van der Waals surface area contributed by atoms with E-state index in [1.807, 2.05) is 0 Å². The van der Waals surface area contributed by atoms with Crippen LogP contribution in [0.25, 0.3) is 0 Å². The summed E-state index contributed by atoms with van der Waals surface area (Å²) in [6, 6.07) is 21.7. The van der Waals surface area contributed by atoms with Gasteiger partial charge in [-0.1, -0.05) is 0 Å². The van der Waals surface area contributed by atoms with E-state index in [2.05, 4.69) is 60.7 Å². The first-order chi connectivity index (χ1) is 7.84. The van der Waals surface area contributed by atoms with Crippen molar-refractivity contribution in [2.24, 2.45) is 0 Å². The third-order valence-corrected chi connectivity index (χ3v) is 5.18. The van der Waals surface area contributed by atoms with Gasteiger partial charge in [0.25, 0.3) is 0 Å². The first-order valence-electron chi connectivity index (χ1n) is 5.92. The summed E-state index contributed by atoms with van der Waals surface area (Å²) in [5, 5.41) is 0. The fraction of sp³-hybridized carbons (Fsp3) is 0.200. The molecule has 0 fully saturated rings. The molecule has 0 aliphatic rings. The summed E-state index contributed by atoms with van der Waals surface area (Å²) in [4.78, 5) is 0. The predicted molar refractivity (Wildman–Crippen MR) is 74.0 cm³/mol. The molecule has 0 atom stereocenters. The van der Waals surface area contributed by atoms with Gasteiger partial charge in [0.1, 0.15) is 0 Å². The second kappa shape index (κ2) is 6.09. The zero-order chi connectivity index (χ0) is 11.2. The maximum atomic E-state index is 2.24. The standard InChI is InChI=1S/C15H15.Sn.3H/c1-3-8-14(9-4-1)12-7-13-15-10-5-2-6-11-15;;;;/h1-11H,12-13H2;;;;. The minimum absolute atomic E-state index is 0.716. The normalized spacial score (nSPS) is 10.8. The Labute approximate surface area is 111 Å². The summed E-state index contributed by atoms with van der Waals surface area (Å²) >= 11 is 0.716. The molecule has 0 N–H and O–H groups in total. The van der Waals surface area contributed by atoms with Crippen molar-refractivity contribution < 1.29 is 0 Å². The Morgan fingerprint density at radius 1 is 0.688 bits per heavy atom. The molecule has 0 aromatic heterocycles. The van der Waals surface area contributed by atoms with Crippen LogP contribution in [0, 0.1) is 0 Å². The van der Waals surface area contributed by atoms with Crippen LogP contribution in [0.2, 0.25) is 3.93 Å². The molecule has 2 aromatic rings. The van der Waals surface area contributed by atoms with Crippen LogP contribution in [0.15, 0.2) is 60.7 Å². The van der Waals surface area contributed by atoms with Crippen molar-refractivity contribution >= 4 is 22.5 Å². The molecule has 2 aromatic carbocycles. The minimum atomic E-state index is 0.716. The predicted octanol–water partition coefficient (Wildman–Crippen LogP) is 2.63. The van der Waals surface area contributed by atoms with Gasteiger partial charge < -0.3 is 0 Å². The van der Waals surface area contributed by atoms with Crippen molar-refractivity contribution in [3.63, 3.8) is 0 Å². The van der Waals surface area contributed by atoms with Crippen LogP contribution >= 0.6 is 0 Å². The van der Waals surface area contributed by atoms with E-state index in [1.54, 1.807) is 0 Å². The van der Waals surface area contributed by atoms with Crippen LogP contribution in [0.3, 0.4) is 0 Å². The topological polar surface area (TPSA) is 0 Å². The van der Waals surface area contributed by atoms with Crippen molar-refractivity contribution in [3.05, 3.63) is 71.8 Å². The molecule has 0 nitrogen and oxygen atoms in total. The Bertz CT molecular complexity index is 366. The fourth-order valence-corrected chi connectivity index (χ4v) is 4.80. The Kier molecular flexibility index (Phi) is 4.46. The summed E-state index contributed by atoms with van der Waals surface area (Å²) in [5.41, 5.74) is 2.98. The van der Waals surface area contributed by atoms with Crippen molar-refractivity contribution in [3.8, 4) is 0 Å². The molecule has 0 unspecified atom stereocenters. The number of rotatable bonds is 4. The van der Waals surface area contributed by atoms with E-state index < -0.39 is 0 Å². The molecule has 0 heterocycles. The van der Waals surface area contributed by atoms with Crippen LogP contribution in [0.4, 0.5) is 0 Å². The van der Waals surface area contributed by atoms with Crippen molar-refractivity contribution in [2.75, 3.05) is 0 Å². The van der Waals surface area contributed by atoms with E-state index in [1.165, 1.54) is 24.0 Å². The van der Waals surface area contributed by atoms with Gasteiger partial charge in [-0.25, -0.2) is 0 Å². The molecule has 0 spiro atoms. The molecular weight excluding hydrogens is 299 g/mol. The quantitative estimate of drug-likeness (QED) is 0.761. The van der Waals surface area contributed by atoms with Gasteiger partial charge in [-0.3, -0.25) is 0 Å². The summed E-state index contributed by atoms with van der Waals surface area (Å²) in [6.45, 7) is 0. The van der Waals surface area contributed by atoms with Crippen LogP contribution in [0.5, 0.6) is 0 Å². The van der Waals surface area contributed by atoms with Crippen LogP contribution in [-0.2, 0) is 12.8 Å². The fourth-order valence-electron chi connectivity index (χ4n) is 2.11. The molecule has 16 heavy (non-hydrogen) atoms. The first kappa shape index (κ1) is 11.7. The molecule has 0 aliphatic heterocycles. The zero-order valence-corrected chi connectivity index (χ0v) is 15.5. The molecule has 0 amide bonds. The number of hydrogen-bond acceptors (Lipinski definition) is 0. The van der Waals surface area contributed by atoms with E-state index in [0.717, 1.165) is 3.93 Å². The molecule has 1 heteroatoms. The average Bonchev–Trinajstić information content (AvgIpc) is 2.31. The van der Waals surface area contributed by atoms with Gasteiger partial charge in [-0.2, -0.15) is 0 Å². The summed E-state index contributed by atoms with van der Waals surface area (Å²) in [6.07, 6.45) is 2.51. The van der Waals surface area contributed by atoms with E-state index in [0.29, 0.717) is 22.5 Å². The Balaban J connectivity index is 1.92. The third kappa shape index (κ3) is 3.67. The van der Waals surface area contributed by atoms with Gasteiger partial charge >= 0.3 is 111 Å². The van der Waals surface area contributed by atoms with Gasteiger partial charge in [-0.15, -0.1) is 0 Å². The molecule has 0 aliphatic carbocycles. The molecule has 0 saturated carbocycles. The van der Waals surface area contributed by atoms with Gasteiger partial charge in [-0.05, 0) is 0 Å². The average molecular weight is 317 g/mol. The second-order valence-electron chi connectivity index (χ2n) is 4.48. The summed E-state index contributed by atoms with van der Waals surface area (Å²) < 4.78 is 0.909. The van der Waals surface area contributed by atoms with Crippen molar-refractivity contribution in [1.82, 2.24) is 0 Å². The molecule has 0 bridgehead atoms. The number of hydrogen-bond donors (Lipinski definition) is 0. The monoisotopic (exact) mass is 318 g/mol. The molecule has 82 valence electrons. The zero-order valence-electron chi connectivity index (χ0n) is 9.77. The Hall–Kier alpha value is -0.761. The van der Waals surface area contributed by atoms with Crippen LogP contribution in [-0.4, -0.2) is 22.5 Å². The van der Waals surface area contributed by atoms with Gasteiger partial charge in [0.2, 0.25) is 0 Å². The summed E-state index contributed by atoms with van der Waals surface area (Å²) in [7, 11) is 0. The van der Waals surface area contributed by atoms with E-state index in [-0.39, 0.29) is 0 Å². The second-order valence-corrected chi connectivity index (χ2v) is 9.15. The van der Waals surface area contributed by atoms with Crippen molar-refractivity contribution in [2.45, 2.75) is 16.8 Å². The van der Waals surface area contributed by atoms with Crippen LogP contribution in [0.1, 0.15) is 11.1 Å². The molecular formula is C15H18Sn. The van der Waals surface area contributed by atoms with E-state index in [4.69, 9.17) is 0 Å². The van der Waals surface area contributed by atoms with Gasteiger partial charge in [0.15, 0.2) is 0 Å². The van der Waals surface area contributed by atoms with Crippen LogP contribution < -0.4 is 0 Å². The van der Waals surface area contributed by atoms with Crippen molar-refractivity contribution in [1.29, 1.82) is 0 Å². The third-order valence-electron chi connectivity index (χ3n) is 2.85. The first-order valence-corrected chi connectivity index (χ1v) is 9.22. The SMILES string of the molecule is [SnH3][CH](Cc1ccccc1)Cc1ccccc1. The van der Waals surface area contributed by atoms with E-state index >= 15 is 0 Å². The number of benzene rings is 2.